The summed E-state index contributed by atoms with van der Waals surface area (Å²) in [4.78, 5) is 18.8. The average Bonchev–Trinajstić information content (AvgIpc) is 3.23. The first-order valence-electron chi connectivity index (χ1n) is 8.23. The van der Waals surface area contributed by atoms with E-state index in [0.29, 0.717) is 23.0 Å². The van der Waals surface area contributed by atoms with Gasteiger partial charge in [0.2, 0.25) is 5.91 Å². The van der Waals surface area contributed by atoms with Gasteiger partial charge >= 0.3 is 0 Å². The van der Waals surface area contributed by atoms with E-state index in [0.717, 1.165) is 22.0 Å². The highest BCUT2D eigenvalue weighted by molar-refractivity contribution is 9.10. The molecule has 3 aromatic rings. The van der Waals surface area contributed by atoms with E-state index in [1.807, 2.05) is 6.92 Å². The quantitative estimate of drug-likeness (QED) is 0.523. The lowest BCUT2D eigenvalue weighted by molar-refractivity contribution is -0.121. The summed E-state index contributed by atoms with van der Waals surface area (Å²) < 4.78 is 14.5. The van der Waals surface area contributed by atoms with Gasteiger partial charge in [0.15, 0.2) is 0 Å². The predicted molar refractivity (Wildman–Crippen MR) is 109 cm³/mol. The van der Waals surface area contributed by atoms with E-state index in [1.54, 1.807) is 34.8 Å². The number of benzene rings is 1. The number of hydrogen-bond acceptors (Lipinski definition) is 4. The molecule has 136 valence electrons. The van der Waals surface area contributed by atoms with E-state index in [2.05, 4.69) is 43.7 Å². The smallest absolute Gasteiger partial charge is 0.220 e. The number of amides is 1. The van der Waals surface area contributed by atoms with Gasteiger partial charge in [-0.2, -0.15) is 0 Å². The highest BCUT2D eigenvalue weighted by atomic mass is 79.9. The molecule has 0 aliphatic carbocycles. The number of carbonyl (C=O) groups is 1. The second-order valence-corrected chi connectivity index (χ2v) is 9.00. The molecule has 0 atom stereocenters. The van der Waals surface area contributed by atoms with Crippen molar-refractivity contribution < 1.29 is 9.18 Å². The second-order valence-electron chi connectivity index (χ2n) is 5.85. The third-order valence-corrected chi connectivity index (χ3v) is 6.30. The summed E-state index contributed by atoms with van der Waals surface area (Å²) in [6.07, 6.45) is 1.47. The molecule has 0 aliphatic heterocycles. The predicted octanol–water partition coefficient (Wildman–Crippen LogP) is 5.37. The Morgan fingerprint density at radius 2 is 2.12 bits per heavy atom. The first kappa shape index (κ1) is 19.2. The zero-order chi connectivity index (χ0) is 18.5. The number of carbonyl (C=O) groups excluding carboxylic acids is 1. The molecule has 1 amide bonds. The lowest BCUT2D eigenvalue weighted by Crippen LogP contribution is -2.25. The van der Waals surface area contributed by atoms with Crippen LogP contribution in [0.5, 0.6) is 0 Å². The molecule has 0 bridgehead atoms. The van der Waals surface area contributed by atoms with Crippen LogP contribution in [-0.2, 0) is 17.6 Å². The van der Waals surface area contributed by atoms with Crippen molar-refractivity contribution in [1.29, 1.82) is 0 Å². The van der Waals surface area contributed by atoms with Crippen LogP contribution in [0.4, 0.5) is 4.39 Å². The van der Waals surface area contributed by atoms with Crippen molar-refractivity contribution >= 4 is 44.5 Å². The number of thiophene rings is 1. The Labute approximate surface area is 168 Å². The molecule has 2 aromatic heterocycles. The average molecular weight is 453 g/mol. The lowest BCUT2D eigenvalue weighted by atomic mass is 10.1. The number of nitrogens with one attached hydrogen (secondary N) is 1. The number of halogens is 2. The minimum absolute atomic E-state index is 0.0563. The van der Waals surface area contributed by atoms with Gasteiger partial charge < -0.3 is 5.32 Å². The molecule has 7 heteroatoms. The Morgan fingerprint density at radius 3 is 2.85 bits per heavy atom. The van der Waals surface area contributed by atoms with Gasteiger partial charge in [0.05, 0.1) is 15.6 Å². The Bertz CT molecular complexity index is 907. The van der Waals surface area contributed by atoms with Crippen molar-refractivity contribution in [2.24, 2.45) is 0 Å². The van der Waals surface area contributed by atoms with Gasteiger partial charge in [0.1, 0.15) is 5.82 Å². The van der Waals surface area contributed by atoms with Gasteiger partial charge in [-0.1, -0.05) is 22.0 Å². The van der Waals surface area contributed by atoms with Crippen molar-refractivity contribution in [3.63, 3.8) is 0 Å². The maximum Gasteiger partial charge on any atom is 0.220 e. The summed E-state index contributed by atoms with van der Waals surface area (Å²) in [5, 5.41) is 6.03. The van der Waals surface area contributed by atoms with Crippen LogP contribution in [0.15, 0.2) is 40.2 Å². The van der Waals surface area contributed by atoms with Crippen LogP contribution in [-0.4, -0.2) is 17.4 Å². The van der Waals surface area contributed by atoms with Crippen molar-refractivity contribution in [3.05, 3.63) is 61.5 Å². The van der Waals surface area contributed by atoms with Gasteiger partial charge in [0.25, 0.3) is 0 Å². The molecule has 3 rings (SSSR count). The summed E-state index contributed by atoms with van der Waals surface area (Å²) in [5.74, 6) is -0.338. The Hall–Kier alpha value is -1.57. The zero-order valence-corrected chi connectivity index (χ0v) is 17.4. The van der Waals surface area contributed by atoms with Crippen LogP contribution in [0.2, 0.25) is 0 Å². The fourth-order valence-corrected chi connectivity index (χ4v) is 4.50. The molecule has 0 aliphatic rings. The monoisotopic (exact) mass is 452 g/mol. The van der Waals surface area contributed by atoms with Crippen LogP contribution < -0.4 is 5.32 Å². The van der Waals surface area contributed by atoms with Gasteiger partial charge in [-0.25, -0.2) is 9.37 Å². The molecule has 3 nitrogen and oxygen atoms in total. The Kier molecular flexibility index (Phi) is 6.56. The van der Waals surface area contributed by atoms with Gasteiger partial charge in [-0.15, -0.1) is 22.7 Å². The molecule has 0 unspecified atom stereocenters. The number of nitrogens with zero attached hydrogens (tertiary/aromatic N) is 1. The number of hydrogen-bond donors (Lipinski definition) is 1. The van der Waals surface area contributed by atoms with Gasteiger partial charge in [0, 0.05) is 27.7 Å². The fourth-order valence-electron chi connectivity index (χ4n) is 2.51. The van der Waals surface area contributed by atoms with E-state index in [4.69, 9.17) is 0 Å². The minimum Gasteiger partial charge on any atom is -0.356 e. The molecule has 26 heavy (non-hydrogen) atoms. The first-order valence-corrected chi connectivity index (χ1v) is 10.7. The molecule has 0 radical (unpaired) electrons. The molecular formula is C19H18BrFN2OS2. The van der Waals surface area contributed by atoms with Crippen LogP contribution in [0.25, 0.3) is 10.6 Å². The van der Waals surface area contributed by atoms with Crippen LogP contribution in [0, 0.1) is 12.7 Å². The molecule has 0 spiro atoms. The second kappa shape index (κ2) is 8.88. The van der Waals surface area contributed by atoms with E-state index in [9.17, 15) is 9.18 Å². The highest BCUT2D eigenvalue weighted by Crippen LogP contribution is 2.29. The minimum atomic E-state index is -0.282. The molecule has 0 fully saturated rings. The molecule has 1 aromatic carbocycles. The number of aryl methyl sites for hydroxylation is 2. The normalized spacial score (nSPS) is 10.9. The van der Waals surface area contributed by atoms with E-state index in [-0.39, 0.29) is 18.1 Å². The van der Waals surface area contributed by atoms with Crippen molar-refractivity contribution in [1.82, 2.24) is 10.3 Å². The highest BCUT2D eigenvalue weighted by Gasteiger charge is 2.08. The maximum atomic E-state index is 13.8. The topological polar surface area (TPSA) is 42.0 Å². The Balaban J connectivity index is 1.43. The number of rotatable bonds is 7. The zero-order valence-electron chi connectivity index (χ0n) is 14.2. The Morgan fingerprint density at radius 1 is 1.27 bits per heavy atom. The van der Waals surface area contributed by atoms with E-state index in [1.165, 1.54) is 10.9 Å². The van der Waals surface area contributed by atoms with E-state index < -0.39 is 0 Å². The number of aromatic nitrogens is 1. The third kappa shape index (κ3) is 5.22. The summed E-state index contributed by atoms with van der Waals surface area (Å²) in [7, 11) is 0. The van der Waals surface area contributed by atoms with Crippen LogP contribution in [0.1, 0.15) is 21.9 Å². The molecule has 0 saturated heterocycles. The van der Waals surface area contributed by atoms with Gasteiger partial charge in [-0.3, -0.25) is 4.79 Å². The fraction of sp³-hybridized carbons (Fsp3) is 0.263. The molecule has 2 heterocycles. The van der Waals surface area contributed by atoms with Gasteiger partial charge in [-0.05, 0) is 49.6 Å². The molecule has 0 saturated carbocycles. The lowest BCUT2D eigenvalue weighted by Gasteiger charge is -2.06. The SMILES string of the molecule is Cc1nc(-c2ccc(CCNC(=O)CCc3ccc(Br)cc3F)s2)cs1. The summed E-state index contributed by atoms with van der Waals surface area (Å²) in [5.41, 5.74) is 1.58. The molecule has 1 N–H and O–H groups in total. The summed E-state index contributed by atoms with van der Waals surface area (Å²) >= 11 is 6.58. The summed E-state index contributed by atoms with van der Waals surface area (Å²) in [6, 6.07) is 9.07. The van der Waals surface area contributed by atoms with Crippen molar-refractivity contribution in [2.75, 3.05) is 6.54 Å². The maximum absolute atomic E-state index is 13.8. The largest absolute Gasteiger partial charge is 0.356 e. The third-order valence-electron chi connectivity index (χ3n) is 3.86. The summed E-state index contributed by atoms with van der Waals surface area (Å²) in [6.45, 7) is 2.58. The van der Waals surface area contributed by atoms with Crippen molar-refractivity contribution in [2.45, 2.75) is 26.2 Å². The van der Waals surface area contributed by atoms with Crippen LogP contribution >= 0.6 is 38.6 Å². The molecular weight excluding hydrogens is 435 g/mol. The van der Waals surface area contributed by atoms with Crippen LogP contribution in [0.3, 0.4) is 0 Å². The first-order chi connectivity index (χ1) is 12.5. The van der Waals surface area contributed by atoms with Crippen molar-refractivity contribution in [3.8, 4) is 10.6 Å². The van der Waals surface area contributed by atoms with E-state index >= 15 is 0 Å². The standard InChI is InChI=1S/C19H18BrFN2OS2/c1-12-23-17(11-25-12)18-6-5-15(26-18)8-9-22-19(24)7-3-13-2-4-14(20)10-16(13)21/h2,4-6,10-11H,3,7-9H2,1H3,(H,22,24). The number of thiazole rings is 1.